The molecule has 0 aliphatic carbocycles. The Bertz CT molecular complexity index is 1080. The highest BCUT2D eigenvalue weighted by Gasteiger charge is 2.19. The van der Waals surface area contributed by atoms with Crippen LogP contribution in [0.2, 0.25) is 10.0 Å². The standard InChI is InChI=1S/C20H17Cl2N3O3/c1-11-15(12(2)25(24-11)17-5-3-13(21)7-16(17)22)9-20(26)23-14-4-6-18-19(8-14)28-10-27-18/h3-8H,9-10H2,1-2H3,(H,23,26). The predicted molar refractivity (Wildman–Crippen MR) is 108 cm³/mol. The fraction of sp³-hybridized carbons (Fsp3) is 0.200. The van der Waals surface area contributed by atoms with Crippen LogP contribution in [-0.2, 0) is 11.2 Å². The summed E-state index contributed by atoms with van der Waals surface area (Å²) < 4.78 is 12.4. The molecule has 1 aliphatic heterocycles. The van der Waals surface area contributed by atoms with E-state index in [2.05, 4.69) is 10.4 Å². The summed E-state index contributed by atoms with van der Waals surface area (Å²) in [6, 6.07) is 10.5. The summed E-state index contributed by atoms with van der Waals surface area (Å²) in [7, 11) is 0. The van der Waals surface area contributed by atoms with Crippen LogP contribution >= 0.6 is 23.2 Å². The van der Waals surface area contributed by atoms with Crippen molar-refractivity contribution in [3.05, 3.63) is 63.4 Å². The molecule has 28 heavy (non-hydrogen) atoms. The first-order chi connectivity index (χ1) is 13.4. The minimum atomic E-state index is -0.146. The molecule has 6 nitrogen and oxygen atoms in total. The van der Waals surface area contributed by atoms with Crippen molar-refractivity contribution in [2.45, 2.75) is 20.3 Å². The SMILES string of the molecule is Cc1nn(-c2ccc(Cl)cc2Cl)c(C)c1CC(=O)Nc1ccc2c(c1)OCO2. The van der Waals surface area contributed by atoms with Crippen molar-refractivity contribution in [3.63, 3.8) is 0 Å². The van der Waals surface area contributed by atoms with E-state index >= 15 is 0 Å². The molecule has 1 aromatic heterocycles. The second-order valence-electron chi connectivity index (χ2n) is 6.45. The fourth-order valence-corrected chi connectivity index (χ4v) is 3.65. The lowest BCUT2D eigenvalue weighted by Crippen LogP contribution is -2.15. The van der Waals surface area contributed by atoms with E-state index in [1.165, 1.54) is 0 Å². The van der Waals surface area contributed by atoms with Gasteiger partial charge in [-0.15, -0.1) is 0 Å². The van der Waals surface area contributed by atoms with Crippen molar-refractivity contribution in [1.29, 1.82) is 0 Å². The van der Waals surface area contributed by atoms with E-state index < -0.39 is 0 Å². The Labute approximate surface area is 172 Å². The molecule has 4 rings (SSSR count). The highest BCUT2D eigenvalue weighted by molar-refractivity contribution is 6.35. The van der Waals surface area contributed by atoms with Gasteiger partial charge in [0, 0.05) is 28.0 Å². The van der Waals surface area contributed by atoms with Crippen molar-refractivity contribution < 1.29 is 14.3 Å². The molecule has 2 aromatic carbocycles. The maximum absolute atomic E-state index is 12.6. The number of fused-ring (bicyclic) bond motifs is 1. The predicted octanol–water partition coefficient (Wildman–Crippen LogP) is 4.71. The number of nitrogens with zero attached hydrogens (tertiary/aromatic N) is 2. The Kier molecular flexibility index (Phi) is 4.91. The molecule has 2 heterocycles. The zero-order chi connectivity index (χ0) is 19.8. The number of halogens is 2. The lowest BCUT2D eigenvalue weighted by Gasteiger charge is -2.09. The van der Waals surface area contributed by atoms with Crippen LogP contribution in [0.4, 0.5) is 5.69 Å². The Morgan fingerprint density at radius 3 is 2.71 bits per heavy atom. The molecule has 0 fully saturated rings. The lowest BCUT2D eigenvalue weighted by atomic mass is 10.1. The van der Waals surface area contributed by atoms with Crippen LogP contribution in [0.25, 0.3) is 5.69 Å². The van der Waals surface area contributed by atoms with E-state index in [-0.39, 0.29) is 19.1 Å². The van der Waals surface area contributed by atoms with Gasteiger partial charge in [0.2, 0.25) is 12.7 Å². The smallest absolute Gasteiger partial charge is 0.231 e. The minimum absolute atomic E-state index is 0.146. The molecular formula is C20H17Cl2N3O3. The van der Waals surface area contributed by atoms with Gasteiger partial charge in [-0.25, -0.2) is 4.68 Å². The van der Waals surface area contributed by atoms with E-state index in [1.54, 1.807) is 41.1 Å². The number of anilines is 1. The summed E-state index contributed by atoms with van der Waals surface area (Å²) in [6.45, 7) is 3.97. The molecule has 0 atom stereocenters. The molecule has 0 radical (unpaired) electrons. The highest BCUT2D eigenvalue weighted by atomic mass is 35.5. The molecule has 0 saturated carbocycles. The van der Waals surface area contributed by atoms with Crippen LogP contribution in [-0.4, -0.2) is 22.5 Å². The Hall–Kier alpha value is -2.70. The highest BCUT2D eigenvalue weighted by Crippen LogP contribution is 2.34. The number of hydrogen-bond acceptors (Lipinski definition) is 4. The van der Waals surface area contributed by atoms with Gasteiger partial charge < -0.3 is 14.8 Å². The minimum Gasteiger partial charge on any atom is -0.454 e. The molecule has 0 saturated heterocycles. The Morgan fingerprint density at radius 1 is 1.14 bits per heavy atom. The average molecular weight is 418 g/mol. The number of carbonyl (C=O) groups is 1. The molecule has 1 aliphatic rings. The number of aryl methyl sites for hydroxylation is 1. The topological polar surface area (TPSA) is 65.4 Å². The molecule has 0 spiro atoms. The number of carbonyl (C=O) groups excluding carboxylic acids is 1. The van der Waals surface area contributed by atoms with E-state index in [1.807, 2.05) is 13.8 Å². The van der Waals surface area contributed by atoms with Gasteiger partial charge in [0.15, 0.2) is 11.5 Å². The van der Waals surface area contributed by atoms with Crippen LogP contribution in [0.1, 0.15) is 17.0 Å². The number of ether oxygens (including phenoxy) is 2. The van der Waals surface area contributed by atoms with Gasteiger partial charge in [0.1, 0.15) is 0 Å². The van der Waals surface area contributed by atoms with Gasteiger partial charge in [-0.1, -0.05) is 23.2 Å². The molecule has 3 aromatic rings. The van der Waals surface area contributed by atoms with Crippen LogP contribution in [0, 0.1) is 13.8 Å². The number of aromatic nitrogens is 2. The number of amides is 1. The monoisotopic (exact) mass is 417 g/mol. The van der Waals surface area contributed by atoms with Crippen molar-refractivity contribution in [2.75, 3.05) is 12.1 Å². The second-order valence-corrected chi connectivity index (χ2v) is 7.29. The summed E-state index contributed by atoms with van der Waals surface area (Å²) in [6.07, 6.45) is 0.192. The number of nitrogens with one attached hydrogen (secondary N) is 1. The first kappa shape index (κ1) is 18.7. The maximum atomic E-state index is 12.6. The number of hydrogen-bond donors (Lipinski definition) is 1. The summed E-state index contributed by atoms with van der Waals surface area (Å²) in [5, 5.41) is 8.49. The van der Waals surface area contributed by atoms with E-state index in [0.29, 0.717) is 32.9 Å². The van der Waals surface area contributed by atoms with Crippen LogP contribution < -0.4 is 14.8 Å². The summed E-state index contributed by atoms with van der Waals surface area (Å²) in [5.74, 6) is 1.15. The van der Waals surface area contributed by atoms with Crippen molar-refractivity contribution in [3.8, 4) is 17.2 Å². The van der Waals surface area contributed by atoms with Crippen molar-refractivity contribution in [1.82, 2.24) is 9.78 Å². The summed E-state index contributed by atoms with van der Waals surface area (Å²) >= 11 is 12.3. The van der Waals surface area contributed by atoms with Gasteiger partial charge in [0.25, 0.3) is 0 Å². The molecule has 8 heteroatoms. The van der Waals surface area contributed by atoms with E-state index in [4.69, 9.17) is 32.7 Å². The fourth-order valence-electron chi connectivity index (χ4n) is 3.16. The van der Waals surface area contributed by atoms with Crippen LogP contribution in [0.3, 0.4) is 0 Å². The van der Waals surface area contributed by atoms with E-state index in [9.17, 15) is 4.79 Å². The Balaban J connectivity index is 1.55. The maximum Gasteiger partial charge on any atom is 0.231 e. The van der Waals surface area contributed by atoms with Crippen molar-refractivity contribution in [2.24, 2.45) is 0 Å². The molecular weight excluding hydrogens is 401 g/mol. The number of rotatable bonds is 4. The first-order valence-corrected chi connectivity index (χ1v) is 9.38. The summed E-state index contributed by atoms with van der Waals surface area (Å²) in [5.41, 5.74) is 3.84. The van der Waals surface area contributed by atoms with Gasteiger partial charge in [0.05, 0.1) is 22.8 Å². The quantitative estimate of drug-likeness (QED) is 0.667. The number of benzene rings is 2. The van der Waals surface area contributed by atoms with Crippen LogP contribution in [0.5, 0.6) is 11.5 Å². The molecule has 144 valence electrons. The van der Waals surface area contributed by atoms with Gasteiger partial charge in [-0.05, 0) is 44.2 Å². The van der Waals surface area contributed by atoms with Crippen molar-refractivity contribution >= 4 is 34.8 Å². The van der Waals surface area contributed by atoms with Gasteiger partial charge >= 0.3 is 0 Å². The Morgan fingerprint density at radius 2 is 1.93 bits per heavy atom. The zero-order valence-electron chi connectivity index (χ0n) is 15.3. The van der Waals surface area contributed by atoms with Gasteiger partial charge in [-0.2, -0.15) is 5.10 Å². The molecule has 1 N–H and O–H groups in total. The molecule has 1 amide bonds. The lowest BCUT2D eigenvalue weighted by molar-refractivity contribution is -0.115. The molecule has 0 unspecified atom stereocenters. The first-order valence-electron chi connectivity index (χ1n) is 8.62. The third-order valence-electron chi connectivity index (χ3n) is 4.57. The van der Waals surface area contributed by atoms with E-state index in [0.717, 1.165) is 17.0 Å². The van der Waals surface area contributed by atoms with Gasteiger partial charge in [-0.3, -0.25) is 4.79 Å². The largest absolute Gasteiger partial charge is 0.454 e. The zero-order valence-corrected chi connectivity index (χ0v) is 16.8. The van der Waals surface area contributed by atoms with Crippen LogP contribution in [0.15, 0.2) is 36.4 Å². The molecule has 0 bridgehead atoms. The third kappa shape index (κ3) is 3.53. The summed E-state index contributed by atoms with van der Waals surface area (Å²) in [4.78, 5) is 12.6. The normalized spacial score (nSPS) is 12.3. The second kappa shape index (κ2) is 7.37. The third-order valence-corrected chi connectivity index (χ3v) is 5.11. The average Bonchev–Trinajstić information content (AvgIpc) is 3.21.